The molecule has 4 heteroatoms. The molecule has 0 N–H and O–H groups in total. The predicted octanol–water partition coefficient (Wildman–Crippen LogP) is 2.01. The van der Waals surface area contributed by atoms with Gasteiger partial charge in [0, 0.05) is 31.1 Å². The lowest BCUT2D eigenvalue weighted by Gasteiger charge is -2.36. The van der Waals surface area contributed by atoms with Crippen LogP contribution in [0.15, 0.2) is 23.1 Å². The molecule has 2 heterocycles. The van der Waals surface area contributed by atoms with Gasteiger partial charge >= 0.3 is 0 Å². The zero-order valence-corrected chi connectivity index (χ0v) is 10.7. The van der Waals surface area contributed by atoms with E-state index in [2.05, 4.69) is 0 Å². The van der Waals surface area contributed by atoms with E-state index in [0.717, 1.165) is 31.2 Å². The van der Waals surface area contributed by atoms with Gasteiger partial charge in [0.1, 0.15) is 0 Å². The van der Waals surface area contributed by atoms with Crippen molar-refractivity contribution in [3.8, 4) is 0 Å². The van der Waals surface area contributed by atoms with E-state index < -0.39 is 0 Å². The summed E-state index contributed by atoms with van der Waals surface area (Å²) in [6.07, 6.45) is 5.58. The minimum absolute atomic E-state index is 0.101. The number of nitrogens with zero attached hydrogens (tertiary/aromatic N) is 1. The van der Waals surface area contributed by atoms with Crippen LogP contribution >= 0.6 is 0 Å². The van der Waals surface area contributed by atoms with Crippen LogP contribution in [0.5, 0.6) is 0 Å². The van der Waals surface area contributed by atoms with Crippen molar-refractivity contribution in [1.29, 1.82) is 0 Å². The van der Waals surface area contributed by atoms with E-state index in [1.807, 2.05) is 23.8 Å². The third-order valence-corrected chi connectivity index (χ3v) is 4.03. The number of hydrogen-bond acceptors (Lipinski definition) is 3. The van der Waals surface area contributed by atoms with Crippen molar-refractivity contribution in [2.75, 3.05) is 13.2 Å². The van der Waals surface area contributed by atoms with Crippen molar-refractivity contribution in [3.63, 3.8) is 0 Å². The first kappa shape index (κ1) is 11.9. The minimum atomic E-state index is -0.342. The molecule has 0 amide bonds. The molecule has 4 nitrogen and oxygen atoms in total. The average molecular weight is 249 g/mol. The molecule has 2 aliphatic rings. The number of ether oxygens (including phenoxy) is 2. The topological polar surface area (TPSA) is 40.5 Å². The van der Waals surface area contributed by atoms with Gasteiger partial charge in [0.05, 0.1) is 13.2 Å². The molecule has 18 heavy (non-hydrogen) atoms. The fraction of sp³-hybridized carbons (Fsp3) is 0.643. The van der Waals surface area contributed by atoms with Crippen LogP contribution in [0.3, 0.4) is 0 Å². The van der Waals surface area contributed by atoms with Crippen LogP contribution in [0, 0.1) is 6.92 Å². The van der Waals surface area contributed by atoms with Crippen molar-refractivity contribution in [3.05, 3.63) is 34.2 Å². The molecule has 1 aromatic rings. The lowest BCUT2D eigenvalue weighted by atomic mass is 9.90. The van der Waals surface area contributed by atoms with Crippen molar-refractivity contribution in [1.82, 2.24) is 4.57 Å². The number of rotatable bonds is 1. The van der Waals surface area contributed by atoms with Crippen LogP contribution in [0.2, 0.25) is 0 Å². The highest BCUT2D eigenvalue weighted by molar-refractivity contribution is 5.09. The van der Waals surface area contributed by atoms with Gasteiger partial charge in [-0.15, -0.1) is 0 Å². The van der Waals surface area contributed by atoms with E-state index in [1.165, 1.54) is 0 Å². The Bertz CT molecular complexity index is 478. The first-order chi connectivity index (χ1) is 8.69. The monoisotopic (exact) mass is 249 g/mol. The molecule has 0 bridgehead atoms. The lowest BCUT2D eigenvalue weighted by molar-refractivity contribution is -0.181. The van der Waals surface area contributed by atoms with Gasteiger partial charge in [0.15, 0.2) is 5.79 Å². The largest absolute Gasteiger partial charge is 0.348 e. The molecule has 1 aromatic heterocycles. The summed E-state index contributed by atoms with van der Waals surface area (Å²) in [5.74, 6) is -0.342. The van der Waals surface area contributed by atoms with E-state index in [9.17, 15) is 4.79 Å². The Kier molecular flexibility index (Phi) is 2.99. The van der Waals surface area contributed by atoms with Gasteiger partial charge in [0.25, 0.3) is 5.56 Å². The third-order valence-electron chi connectivity index (χ3n) is 4.03. The summed E-state index contributed by atoms with van der Waals surface area (Å²) in [7, 11) is 0. The highest BCUT2D eigenvalue weighted by Gasteiger charge is 2.40. The second kappa shape index (κ2) is 4.52. The van der Waals surface area contributed by atoms with Gasteiger partial charge in [-0.05, 0) is 31.4 Å². The molecule has 98 valence electrons. The van der Waals surface area contributed by atoms with Crippen molar-refractivity contribution in [2.24, 2.45) is 0 Å². The van der Waals surface area contributed by atoms with Crippen LogP contribution in [0.1, 0.15) is 37.3 Å². The van der Waals surface area contributed by atoms with Gasteiger partial charge in [0.2, 0.25) is 0 Å². The Balaban J connectivity index is 1.74. The highest BCUT2D eigenvalue weighted by atomic mass is 16.7. The third kappa shape index (κ3) is 2.10. The lowest BCUT2D eigenvalue weighted by Crippen LogP contribution is -2.37. The Hall–Kier alpha value is -1.13. The summed E-state index contributed by atoms with van der Waals surface area (Å²) < 4.78 is 13.3. The molecule has 3 rings (SSSR count). The van der Waals surface area contributed by atoms with Crippen LogP contribution < -0.4 is 5.56 Å². The SMILES string of the molecule is Cc1ccn(C2CCC3(CC2)OCCO3)c(=O)c1. The van der Waals surface area contributed by atoms with E-state index in [0.29, 0.717) is 13.2 Å². The van der Waals surface area contributed by atoms with Gasteiger partial charge in [-0.3, -0.25) is 4.79 Å². The van der Waals surface area contributed by atoms with Crippen LogP contribution in [-0.2, 0) is 9.47 Å². The minimum Gasteiger partial charge on any atom is -0.348 e. The first-order valence-corrected chi connectivity index (χ1v) is 6.65. The molecule has 1 aliphatic carbocycles. The summed E-state index contributed by atoms with van der Waals surface area (Å²) in [5, 5.41) is 0. The van der Waals surface area contributed by atoms with Crippen LogP contribution in [0.4, 0.5) is 0 Å². The van der Waals surface area contributed by atoms with Gasteiger partial charge < -0.3 is 14.0 Å². The molecule has 1 spiro atoms. The maximum Gasteiger partial charge on any atom is 0.251 e. The zero-order chi connectivity index (χ0) is 12.6. The smallest absolute Gasteiger partial charge is 0.251 e. The van der Waals surface area contributed by atoms with Crippen LogP contribution in [0.25, 0.3) is 0 Å². The Morgan fingerprint density at radius 1 is 1.28 bits per heavy atom. The molecule has 2 fully saturated rings. The van der Waals surface area contributed by atoms with Gasteiger partial charge in [-0.2, -0.15) is 0 Å². The van der Waals surface area contributed by atoms with E-state index >= 15 is 0 Å². The Labute approximate surface area is 107 Å². The maximum atomic E-state index is 12.0. The molecule has 0 unspecified atom stereocenters. The second-order valence-electron chi connectivity index (χ2n) is 5.29. The Morgan fingerprint density at radius 3 is 2.56 bits per heavy atom. The van der Waals surface area contributed by atoms with Crippen molar-refractivity contribution >= 4 is 0 Å². The number of pyridine rings is 1. The normalized spacial score (nSPS) is 23.6. The molecule has 1 aliphatic heterocycles. The number of aryl methyl sites for hydroxylation is 1. The second-order valence-corrected chi connectivity index (χ2v) is 5.29. The fourth-order valence-corrected chi connectivity index (χ4v) is 3.00. The summed E-state index contributed by atoms with van der Waals surface area (Å²) in [6, 6.07) is 3.98. The van der Waals surface area contributed by atoms with Crippen molar-refractivity contribution in [2.45, 2.75) is 44.4 Å². The van der Waals surface area contributed by atoms with Crippen LogP contribution in [-0.4, -0.2) is 23.6 Å². The molecule has 0 atom stereocenters. The maximum absolute atomic E-state index is 12.0. The van der Waals surface area contributed by atoms with E-state index in [1.54, 1.807) is 6.07 Å². The quantitative estimate of drug-likeness (QED) is 0.764. The predicted molar refractivity (Wildman–Crippen MR) is 67.6 cm³/mol. The summed E-state index contributed by atoms with van der Waals surface area (Å²) in [4.78, 5) is 12.0. The average Bonchev–Trinajstić information content (AvgIpc) is 2.80. The van der Waals surface area contributed by atoms with Gasteiger partial charge in [-0.1, -0.05) is 0 Å². The standard InChI is InChI=1S/C14H19NO3/c1-11-4-7-15(13(16)10-11)12-2-5-14(6-3-12)17-8-9-18-14/h4,7,10,12H,2-3,5-6,8-9H2,1H3. The van der Waals surface area contributed by atoms with Crippen molar-refractivity contribution < 1.29 is 9.47 Å². The zero-order valence-electron chi connectivity index (χ0n) is 10.7. The molecular formula is C14H19NO3. The van der Waals surface area contributed by atoms with E-state index in [4.69, 9.17) is 9.47 Å². The molecule has 1 saturated carbocycles. The molecular weight excluding hydrogens is 230 g/mol. The Morgan fingerprint density at radius 2 is 1.94 bits per heavy atom. The van der Waals surface area contributed by atoms with Gasteiger partial charge in [-0.25, -0.2) is 0 Å². The molecule has 0 radical (unpaired) electrons. The number of hydrogen-bond donors (Lipinski definition) is 0. The summed E-state index contributed by atoms with van der Waals surface area (Å²) in [6.45, 7) is 3.35. The number of aromatic nitrogens is 1. The molecule has 1 saturated heterocycles. The van der Waals surface area contributed by atoms with E-state index in [-0.39, 0.29) is 17.4 Å². The summed E-state index contributed by atoms with van der Waals surface area (Å²) >= 11 is 0. The summed E-state index contributed by atoms with van der Waals surface area (Å²) in [5.41, 5.74) is 1.12. The first-order valence-electron chi connectivity index (χ1n) is 6.65. The highest BCUT2D eigenvalue weighted by Crippen LogP contribution is 2.39. The fourth-order valence-electron chi connectivity index (χ4n) is 3.00. The molecule has 0 aromatic carbocycles.